The Balaban J connectivity index is 1.43. The van der Waals surface area contributed by atoms with Gasteiger partial charge in [0.05, 0.1) is 0 Å². The minimum Gasteiger partial charge on any atom is -0.486 e. The van der Waals surface area contributed by atoms with Crippen LogP contribution >= 0.6 is 0 Å². The van der Waals surface area contributed by atoms with Crippen LogP contribution in [0.2, 0.25) is 0 Å². The predicted molar refractivity (Wildman–Crippen MR) is 104 cm³/mol. The van der Waals surface area contributed by atoms with Crippen molar-refractivity contribution in [1.82, 2.24) is 0 Å². The van der Waals surface area contributed by atoms with E-state index in [1.165, 1.54) is 0 Å². The van der Waals surface area contributed by atoms with Crippen LogP contribution in [0.4, 0.5) is 5.69 Å². The number of nitrogens with one attached hydrogen (secondary N) is 1. The zero-order chi connectivity index (χ0) is 19.7. The highest BCUT2D eigenvalue weighted by Gasteiger charge is 2.13. The summed E-state index contributed by atoms with van der Waals surface area (Å²) >= 11 is 0. The highest BCUT2D eigenvalue weighted by atomic mass is 16.6. The smallest absolute Gasteiger partial charge is 0.339 e. The van der Waals surface area contributed by atoms with Crippen molar-refractivity contribution in [2.45, 2.75) is 13.8 Å². The SMILES string of the molecule is Cc1c(C)c2ccc(OCC(=O)Nc3ccc4c(c3)OCCO4)cc2oc1=O. The Morgan fingerprint density at radius 2 is 1.82 bits per heavy atom. The molecule has 28 heavy (non-hydrogen) atoms. The summed E-state index contributed by atoms with van der Waals surface area (Å²) in [4.78, 5) is 24.0. The summed E-state index contributed by atoms with van der Waals surface area (Å²) in [5, 5.41) is 3.59. The van der Waals surface area contributed by atoms with E-state index in [0.29, 0.717) is 47.3 Å². The largest absolute Gasteiger partial charge is 0.486 e. The topological polar surface area (TPSA) is 87.0 Å². The van der Waals surface area contributed by atoms with Crippen molar-refractivity contribution < 1.29 is 23.4 Å². The highest BCUT2D eigenvalue weighted by Crippen LogP contribution is 2.32. The van der Waals surface area contributed by atoms with Crippen LogP contribution < -0.4 is 25.2 Å². The maximum absolute atomic E-state index is 12.2. The lowest BCUT2D eigenvalue weighted by atomic mass is 10.1. The number of carbonyl (C=O) groups excluding carboxylic acids is 1. The minimum absolute atomic E-state index is 0.185. The maximum Gasteiger partial charge on any atom is 0.339 e. The molecule has 0 fully saturated rings. The van der Waals surface area contributed by atoms with Gasteiger partial charge in [0.2, 0.25) is 0 Å². The fourth-order valence-electron chi connectivity index (χ4n) is 2.99. The van der Waals surface area contributed by atoms with Crippen molar-refractivity contribution in [3.63, 3.8) is 0 Å². The van der Waals surface area contributed by atoms with Gasteiger partial charge in [-0.25, -0.2) is 4.79 Å². The molecule has 0 saturated heterocycles. The second-order valence-electron chi connectivity index (χ2n) is 6.49. The van der Waals surface area contributed by atoms with Gasteiger partial charge in [0.25, 0.3) is 5.91 Å². The van der Waals surface area contributed by atoms with Crippen molar-refractivity contribution in [3.8, 4) is 17.2 Å². The van der Waals surface area contributed by atoms with E-state index < -0.39 is 0 Å². The molecule has 2 heterocycles. The third-order valence-corrected chi connectivity index (χ3v) is 4.62. The molecule has 3 aromatic rings. The molecule has 1 aliphatic rings. The highest BCUT2D eigenvalue weighted by molar-refractivity contribution is 5.92. The molecule has 0 unspecified atom stereocenters. The molecule has 144 valence electrons. The van der Waals surface area contributed by atoms with E-state index in [0.717, 1.165) is 10.9 Å². The van der Waals surface area contributed by atoms with Crippen LogP contribution in [0, 0.1) is 13.8 Å². The number of anilines is 1. The van der Waals surface area contributed by atoms with Crippen molar-refractivity contribution in [1.29, 1.82) is 0 Å². The molecule has 4 rings (SSSR count). The molecule has 0 radical (unpaired) electrons. The van der Waals surface area contributed by atoms with E-state index in [4.69, 9.17) is 18.6 Å². The van der Waals surface area contributed by atoms with Crippen LogP contribution in [-0.4, -0.2) is 25.7 Å². The Bertz CT molecular complexity index is 1120. The van der Waals surface area contributed by atoms with Gasteiger partial charge in [0, 0.05) is 28.8 Å². The van der Waals surface area contributed by atoms with Gasteiger partial charge in [-0.1, -0.05) is 0 Å². The number of ether oxygens (including phenoxy) is 3. The molecule has 0 aliphatic carbocycles. The molecule has 7 nitrogen and oxygen atoms in total. The van der Waals surface area contributed by atoms with Crippen LogP contribution in [-0.2, 0) is 4.79 Å². The van der Waals surface area contributed by atoms with E-state index in [1.807, 2.05) is 13.0 Å². The molecular weight excluding hydrogens is 362 g/mol. The summed E-state index contributed by atoms with van der Waals surface area (Å²) in [6, 6.07) is 10.4. The van der Waals surface area contributed by atoms with Gasteiger partial charge in [0.1, 0.15) is 24.5 Å². The fraction of sp³-hybridized carbons (Fsp3) is 0.238. The first kappa shape index (κ1) is 17.9. The Labute approximate surface area is 160 Å². The summed E-state index contributed by atoms with van der Waals surface area (Å²) in [7, 11) is 0. The first-order chi connectivity index (χ1) is 13.5. The lowest BCUT2D eigenvalue weighted by Gasteiger charge is -2.19. The fourth-order valence-corrected chi connectivity index (χ4v) is 2.99. The summed E-state index contributed by atoms with van der Waals surface area (Å²) in [5.74, 6) is 1.37. The van der Waals surface area contributed by atoms with E-state index in [9.17, 15) is 9.59 Å². The van der Waals surface area contributed by atoms with Gasteiger partial charge in [0.15, 0.2) is 18.1 Å². The average molecular weight is 381 g/mol. The van der Waals surface area contributed by atoms with Crippen LogP contribution in [0.3, 0.4) is 0 Å². The molecule has 1 aromatic heterocycles. The summed E-state index contributed by atoms with van der Waals surface area (Å²) in [6.45, 7) is 4.40. The standard InChI is InChI=1S/C21H19NO6/c1-12-13(2)21(24)28-18-10-15(4-5-16(12)18)27-11-20(23)22-14-3-6-17-19(9-14)26-8-7-25-17/h3-6,9-10H,7-8,11H2,1-2H3,(H,22,23). The molecular formula is C21H19NO6. The Hall–Kier alpha value is -3.48. The van der Waals surface area contributed by atoms with Crippen molar-refractivity contribution in [3.05, 3.63) is 57.9 Å². The molecule has 0 atom stereocenters. The van der Waals surface area contributed by atoms with Crippen LogP contribution in [0.1, 0.15) is 11.1 Å². The first-order valence-electron chi connectivity index (χ1n) is 8.87. The van der Waals surface area contributed by atoms with Crippen LogP contribution in [0.5, 0.6) is 17.2 Å². The molecule has 0 bridgehead atoms. The number of benzene rings is 2. The molecule has 0 saturated carbocycles. The number of amides is 1. The molecule has 1 amide bonds. The predicted octanol–water partition coefficient (Wildman–Crippen LogP) is 3.20. The lowest BCUT2D eigenvalue weighted by Crippen LogP contribution is -2.20. The molecule has 1 N–H and O–H groups in total. The lowest BCUT2D eigenvalue weighted by molar-refractivity contribution is -0.118. The number of hydrogen-bond acceptors (Lipinski definition) is 6. The summed E-state index contributed by atoms with van der Waals surface area (Å²) in [5.41, 5.74) is 2.10. The van der Waals surface area contributed by atoms with Gasteiger partial charge in [-0.05, 0) is 43.7 Å². The molecule has 0 spiro atoms. The number of aryl methyl sites for hydroxylation is 1. The van der Waals surface area contributed by atoms with E-state index in [-0.39, 0.29) is 18.1 Å². The zero-order valence-corrected chi connectivity index (χ0v) is 15.5. The van der Waals surface area contributed by atoms with Crippen molar-refractivity contribution >= 4 is 22.6 Å². The third kappa shape index (κ3) is 3.51. The number of hydrogen-bond donors (Lipinski definition) is 1. The second-order valence-corrected chi connectivity index (χ2v) is 6.49. The first-order valence-corrected chi connectivity index (χ1v) is 8.87. The van der Waals surface area contributed by atoms with Gasteiger partial charge in [-0.3, -0.25) is 4.79 Å². The zero-order valence-electron chi connectivity index (χ0n) is 15.5. The Morgan fingerprint density at radius 1 is 1.04 bits per heavy atom. The normalized spacial score (nSPS) is 12.6. The van der Waals surface area contributed by atoms with Crippen molar-refractivity contribution in [2.24, 2.45) is 0 Å². The minimum atomic E-state index is -0.376. The number of rotatable bonds is 4. The third-order valence-electron chi connectivity index (χ3n) is 4.62. The quantitative estimate of drug-likeness (QED) is 0.699. The summed E-state index contributed by atoms with van der Waals surface area (Å²) < 4.78 is 21.8. The molecule has 7 heteroatoms. The Morgan fingerprint density at radius 3 is 2.64 bits per heavy atom. The van der Waals surface area contributed by atoms with Crippen LogP contribution in [0.15, 0.2) is 45.6 Å². The average Bonchev–Trinajstić information content (AvgIpc) is 2.70. The second kappa shape index (κ2) is 7.26. The van der Waals surface area contributed by atoms with E-state index in [1.54, 1.807) is 37.3 Å². The monoisotopic (exact) mass is 381 g/mol. The van der Waals surface area contributed by atoms with Crippen LogP contribution in [0.25, 0.3) is 11.0 Å². The number of carbonyl (C=O) groups is 1. The van der Waals surface area contributed by atoms with Crippen molar-refractivity contribution in [2.75, 3.05) is 25.1 Å². The van der Waals surface area contributed by atoms with Gasteiger partial charge in [-0.15, -0.1) is 0 Å². The molecule has 2 aromatic carbocycles. The number of fused-ring (bicyclic) bond motifs is 2. The van der Waals surface area contributed by atoms with Gasteiger partial charge < -0.3 is 23.9 Å². The summed E-state index contributed by atoms with van der Waals surface area (Å²) in [6.07, 6.45) is 0. The van der Waals surface area contributed by atoms with Gasteiger partial charge in [-0.2, -0.15) is 0 Å². The molecule has 1 aliphatic heterocycles. The van der Waals surface area contributed by atoms with E-state index >= 15 is 0 Å². The Kier molecular flexibility index (Phi) is 4.65. The van der Waals surface area contributed by atoms with E-state index in [2.05, 4.69) is 5.32 Å². The maximum atomic E-state index is 12.2. The van der Waals surface area contributed by atoms with Gasteiger partial charge >= 0.3 is 5.63 Å².